The molecule has 1 atom stereocenters. The number of benzene rings is 1. The molecule has 0 heterocycles. The van der Waals surface area contributed by atoms with Gasteiger partial charge in [-0.15, -0.1) is 0 Å². The third-order valence-electron chi connectivity index (χ3n) is 4.24. The van der Waals surface area contributed by atoms with Crippen molar-refractivity contribution in [3.05, 3.63) is 35.6 Å². The van der Waals surface area contributed by atoms with E-state index >= 15 is 0 Å². The quantitative estimate of drug-likeness (QED) is 0.832. The van der Waals surface area contributed by atoms with Gasteiger partial charge in [0.2, 0.25) is 5.91 Å². The first-order valence-corrected chi connectivity index (χ1v) is 7.36. The Morgan fingerprint density at radius 2 is 1.95 bits per heavy atom. The monoisotopic (exact) mass is 278 g/mol. The zero-order chi connectivity index (χ0) is 14.6. The number of carbonyl (C=O) groups excluding carboxylic acids is 1. The van der Waals surface area contributed by atoms with E-state index < -0.39 is 11.4 Å². The number of rotatable bonds is 4. The molecule has 20 heavy (non-hydrogen) atoms. The number of hydrogen-bond donors (Lipinski definition) is 2. The van der Waals surface area contributed by atoms with Crippen LogP contribution in [0.5, 0.6) is 0 Å². The molecular weight excluding hydrogens is 255 g/mol. The van der Waals surface area contributed by atoms with Gasteiger partial charge in [-0.05, 0) is 37.5 Å². The lowest BCUT2D eigenvalue weighted by atomic mass is 9.89. The molecule has 3 nitrogen and oxygen atoms in total. The molecule has 3 N–H and O–H groups in total. The molecule has 1 saturated carbocycles. The maximum atomic E-state index is 13.4. The predicted octanol–water partition coefficient (Wildman–Crippen LogP) is 2.84. The van der Waals surface area contributed by atoms with Gasteiger partial charge in [0.25, 0.3) is 0 Å². The van der Waals surface area contributed by atoms with Crippen LogP contribution in [0.3, 0.4) is 0 Å². The van der Waals surface area contributed by atoms with Crippen molar-refractivity contribution in [2.24, 2.45) is 5.73 Å². The third-order valence-corrected chi connectivity index (χ3v) is 4.24. The second-order valence-corrected chi connectivity index (χ2v) is 5.83. The van der Waals surface area contributed by atoms with Crippen LogP contribution in [-0.4, -0.2) is 11.9 Å². The fraction of sp³-hybridized carbons (Fsp3) is 0.562. The second kappa shape index (κ2) is 6.35. The number of amides is 1. The van der Waals surface area contributed by atoms with Crippen molar-refractivity contribution in [1.82, 2.24) is 5.32 Å². The second-order valence-electron chi connectivity index (χ2n) is 5.83. The van der Waals surface area contributed by atoms with Gasteiger partial charge in [-0.2, -0.15) is 0 Å². The van der Waals surface area contributed by atoms with Crippen molar-refractivity contribution < 1.29 is 9.18 Å². The summed E-state index contributed by atoms with van der Waals surface area (Å²) >= 11 is 0. The summed E-state index contributed by atoms with van der Waals surface area (Å²) in [5.74, 6) is -0.815. The first-order chi connectivity index (χ1) is 9.52. The summed E-state index contributed by atoms with van der Waals surface area (Å²) in [7, 11) is 0. The Balaban J connectivity index is 2.22. The van der Waals surface area contributed by atoms with Crippen molar-refractivity contribution in [2.45, 2.75) is 57.0 Å². The van der Waals surface area contributed by atoms with Crippen molar-refractivity contribution in [1.29, 1.82) is 0 Å². The molecule has 110 valence electrons. The molecular formula is C16H23FN2O. The third kappa shape index (κ3) is 3.37. The summed E-state index contributed by atoms with van der Waals surface area (Å²) < 4.78 is 13.4. The first kappa shape index (κ1) is 15.0. The van der Waals surface area contributed by atoms with Crippen LogP contribution in [0.4, 0.5) is 4.39 Å². The summed E-state index contributed by atoms with van der Waals surface area (Å²) in [6.07, 6.45) is 6.89. The van der Waals surface area contributed by atoms with E-state index in [1.807, 2.05) is 0 Å². The molecule has 0 saturated heterocycles. The van der Waals surface area contributed by atoms with E-state index in [9.17, 15) is 9.18 Å². The van der Waals surface area contributed by atoms with Crippen LogP contribution in [0.1, 0.15) is 51.0 Å². The highest BCUT2D eigenvalue weighted by molar-refractivity contribution is 5.85. The van der Waals surface area contributed by atoms with Crippen LogP contribution in [-0.2, 0) is 10.3 Å². The SMILES string of the molecule is CC(NC1CCCCCC1)(C(N)=O)c1cccc(F)c1. The summed E-state index contributed by atoms with van der Waals surface area (Å²) in [4.78, 5) is 11.9. The summed E-state index contributed by atoms with van der Waals surface area (Å²) in [5, 5.41) is 3.37. The van der Waals surface area contributed by atoms with Gasteiger partial charge in [0.1, 0.15) is 11.4 Å². The van der Waals surface area contributed by atoms with Crippen molar-refractivity contribution in [2.75, 3.05) is 0 Å². The number of hydrogen-bond acceptors (Lipinski definition) is 2. The minimum atomic E-state index is -1.02. The minimum Gasteiger partial charge on any atom is -0.368 e. The average Bonchev–Trinajstić information content (AvgIpc) is 2.67. The molecule has 1 aliphatic rings. The van der Waals surface area contributed by atoms with E-state index in [1.165, 1.54) is 25.0 Å². The van der Waals surface area contributed by atoms with Gasteiger partial charge in [0.05, 0.1) is 0 Å². The number of halogens is 1. The lowest BCUT2D eigenvalue weighted by Gasteiger charge is -2.32. The van der Waals surface area contributed by atoms with Gasteiger partial charge in [0.15, 0.2) is 0 Å². The van der Waals surface area contributed by atoms with E-state index in [2.05, 4.69) is 5.32 Å². The minimum absolute atomic E-state index is 0.262. The normalized spacial score (nSPS) is 20.1. The van der Waals surface area contributed by atoms with Crippen molar-refractivity contribution in [3.63, 3.8) is 0 Å². The fourth-order valence-electron chi connectivity index (χ4n) is 2.93. The molecule has 0 spiro atoms. The Kier molecular flexibility index (Phi) is 4.76. The maximum Gasteiger partial charge on any atom is 0.242 e. The number of primary amides is 1. The molecule has 1 aromatic carbocycles. The molecule has 0 radical (unpaired) electrons. The van der Waals surface area contributed by atoms with Crippen LogP contribution >= 0.6 is 0 Å². The van der Waals surface area contributed by atoms with Gasteiger partial charge in [-0.25, -0.2) is 4.39 Å². The molecule has 0 aliphatic heterocycles. The van der Waals surface area contributed by atoms with Gasteiger partial charge >= 0.3 is 0 Å². The smallest absolute Gasteiger partial charge is 0.242 e. The van der Waals surface area contributed by atoms with E-state index in [0.29, 0.717) is 5.56 Å². The van der Waals surface area contributed by atoms with E-state index in [1.54, 1.807) is 19.1 Å². The first-order valence-electron chi connectivity index (χ1n) is 7.36. The van der Waals surface area contributed by atoms with Crippen LogP contribution in [0.15, 0.2) is 24.3 Å². The van der Waals surface area contributed by atoms with Crippen LogP contribution in [0.2, 0.25) is 0 Å². The standard InChI is InChI=1S/C16H23FN2O/c1-16(15(18)20,12-7-6-8-13(17)11-12)19-14-9-4-2-3-5-10-14/h6-8,11,14,19H,2-5,9-10H2,1H3,(H2,18,20). The molecule has 2 rings (SSSR count). The number of nitrogens with one attached hydrogen (secondary N) is 1. The maximum absolute atomic E-state index is 13.4. The molecule has 0 bridgehead atoms. The lowest BCUT2D eigenvalue weighted by molar-refractivity contribution is -0.124. The molecule has 1 amide bonds. The molecule has 0 aromatic heterocycles. The van der Waals surface area contributed by atoms with Gasteiger partial charge in [-0.3, -0.25) is 10.1 Å². The Morgan fingerprint density at radius 3 is 2.50 bits per heavy atom. The number of nitrogens with two attached hydrogens (primary N) is 1. The Labute approximate surface area is 119 Å². The van der Waals surface area contributed by atoms with E-state index in [0.717, 1.165) is 25.7 Å². The number of carbonyl (C=O) groups is 1. The lowest BCUT2D eigenvalue weighted by Crippen LogP contribution is -2.54. The highest BCUT2D eigenvalue weighted by Crippen LogP contribution is 2.26. The highest BCUT2D eigenvalue weighted by Gasteiger charge is 2.35. The zero-order valence-electron chi connectivity index (χ0n) is 12.0. The topological polar surface area (TPSA) is 55.1 Å². The van der Waals surface area contributed by atoms with E-state index in [4.69, 9.17) is 5.73 Å². The predicted molar refractivity (Wildman–Crippen MR) is 77.6 cm³/mol. The van der Waals surface area contributed by atoms with Gasteiger partial charge in [-0.1, -0.05) is 37.8 Å². The molecule has 1 aliphatic carbocycles. The van der Waals surface area contributed by atoms with E-state index in [-0.39, 0.29) is 11.9 Å². The zero-order valence-corrected chi connectivity index (χ0v) is 12.0. The molecule has 1 unspecified atom stereocenters. The average molecular weight is 278 g/mol. The molecule has 1 aromatic rings. The fourth-order valence-corrected chi connectivity index (χ4v) is 2.93. The molecule has 4 heteroatoms. The summed E-state index contributed by atoms with van der Waals surface area (Å²) in [6.45, 7) is 1.75. The Morgan fingerprint density at radius 1 is 1.30 bits per heavy atom. The molecule has 1 fully saturated rings. The highest BCUT2D eigenvalue weighted by atomic mass is 19.1. The van der Waals surface area contributed by atoms with Crippen LogP contribution in [0, 0.1) is 5.82 Å². The largest absolute Gasteiger partial charge is 0.368 e. The Bertz CT molecular complexity index is 469. The van der Waals surface area contributed by atoms with Crippen molar-refractivity contribution >= 4 is 5.91 Å². The van der Waals surface area contributed by atoms with Gasteiger partial charge < -0.3 is 5.73 Å². The van der Waals surface area contributed by atoms with Crippen molar-refractivity contribution in [3.8, 4) is 0 Å². The van der Waals surface area contributed by atoms with Gasteiger partial charge in [0, 0.05) is 6.04 Å². The van der Waals surface area contributed by atoms with Crippen LogP contribution < -0.4 is 11.1 Å². The summed E-state index contributed by atoms with van der Waals surface area (Å²) in [5.41, 5.74) is 5.16. The Hall–Kier alpha value is -1.42. The van der Waals surface area contributed by atoms with Crippen LogP contribution in [0.25, 0.3) is 0 Å². The summed E-state index contributed by atoms with van der Waals surface area (Å²) in [6, 6.07) is 6.38.